The van der Waals surface area contributed by atoms with Crippen molar-refractivity contribution in [1.29, 1.82) is 0 Å². The highest BCUT2D eigenvalue weighted by Gasteiger charge is 2.15. The zero-order valence-corrected chi connectivity index (χ0v) is 11.9. The number of nitrogens with zero attached hydrogens (tertiary/aromatic N) is 2. The van der Waals surface area contributed by atoms with E-state index in [2.05, 4.69) is 9.97 Å². The fraction of sp³-hybridized carbons (Fsp3) is 0.286. The van der Waals surface area contributed by atoms with E-state index >= 15 is 0 Å². The fourth-order valence-electron chi connectivity index (χ4n) is 2.18. The summed E-state index contributed by atoms with van der Waals surface area (Å²) < 4.78 is 5.48. The molecule has 0 unspecified atom stereocenters. The summed E-state index contributed by atoms with van der Waals surface area (Å²) in [5, 5.41) is 0.850. The first-order valence-corrected chi connectivity index (χ1v) is 6.92. The smallest absolute Gasteiger partial charge is 0.162 e. The highest BCUT2D eigenvalue weighted by Crippen LogP contribution is 2.31. The first-order chi connectivity index (χ1) is 9.19. The first-order valence-electron chi connectivity index (χ1n) is 6.17. The topological polar surface area (TPSA) is 35.0 Å². The number of fused-ring (bicyclic) bond motifs is 1. The van der Waals surface area contributed by atoms with Gasteiger partial charge in [-0.25, -0.2) is 9.97 Å². The maximum absolute atomic E-state index is 6.14. The van der Waals surface area contributed by atoms with E-state index in [4.69, 9.17) is 27.9 Å². The Kier molecular flexibility index (Phi) is 3.33. The number of rotatable bonds is 2. The average Bonchev–Trinajstić information content (AvgIpc) is 2.85. The van der Waals surface area contributed by atoms with Crippen LogP contribution in [0.2, 0.25) is 10.3 Å². The predicted octanol–water partition coefficient (Wildman–Crippen LogP) is 3.95. The number of halogens is 2. The highest BCUT2D eigenvalue weighted by atomic mass is 35.5. The third-order valence-electron chi connectivity index (χ3n) is 3.21. The third kappa shape index (κ3) is 2.28. The minimum atomic E-state index is 0.425. The van der Waals surface area contributed by atoms with Crippen molar-refractivity contribution in [2.75, 3.05) is 6.61 Å². The zero-order chi connectivity index (χ0) is 13.4. The van der Waals surface area contributed by atoms with E-state index in [1.807, 2.05) is 25.1 Å². The lowest BCUT2D eigenvalue weighted by Crippen LogP contribution is -1.96. The Morgan fingerprint density at radius 3 is 2.63 bits per heavy atom. The van der Waals surface area contributed by atoms with E-state index in [9.17, 15) is 0 Å². The molecular formula is C14H12Cl2N2O. The first kappa shape index (κ1) is 12.7. The Morgan fingerprint density at radius 1 is 1.21 bits per heavy atom. The maximum atomic E-state index is 6.14. The summed E-state index contributed by atoms with van der Waals surface area (Å²) in [4.78, 5) is 8.66. The van der Waals surface area contributed by atoms with Gasteiger partial charge in [0.1, 0.15) is 16.1 Å². The molecule has 0 saturated heterocycles. The van der Waals surface area contributed by atoms with Gasteiger partial charge in [0.25, 0.3) is 0 Å². The summed E-state index contributed by atoms with van der Waals surface area (Å²) in [6.07, 6.45) is 1.63. The second-order valence-corrected chi connectivity index (χ2v) is 5.10. The fourth-order valence-corrected chi connectivity index (χ4v) is 2.83. The van der Waals surface area contributed by atoms with Gasteiger partial charge >= 0.3 is 0 Å². The quantitative estimate of drug-likeness (QED) is 0.787. The van der Waals surface area contributed by atoms with Gasteiger partial charge < -0.3 is 4.74 Å². The van der Waals surface area contributed by atoms with Gasteiger partial charge in [0.15, 0.2) is 5.82 Å². The second kappa shape index (κ2) is 4.99. The molecule has 0 spiro atoms. The van der Waals surface area contributed by atoms with Gasteiger partial charge in [-0.05, 0) is 30.2 Å². The van der Waals surface area contributed by atoms with Crippen LogP contribution in [0.5, 0.6) is 5.75 Å². The molecule has 5 heteroatoms. The van der Waals surface area contributed by atoms with Crippen LogP contribution < -0.4 is 4.74 Å². The van der Waals surface area contributed by atoms with Crippen LogP contribution in [0.1, 0.15) is 18.1 Å². The van der Waals surface area contributed by atoms with Crippen LogP contribution >= 0.6 is 23.2 Å². The molecule has 2 heterocycles. The largest absolute Gasteiger partial charge is 0.493 e. The molecule has 0 bridgehead atoms. The second-order valence-electron chi connectivity index (χ2n) is 4.38. The molecule has 0 N–H and O–H groups in total. The summed E-state index contributed by atoms with van der Waals surface area (Å²) in [5.41, 5.74) is 2.88. The zero-order valence-electron chi connectivity index (χ0n) is 10.4. The lowest BCUT2D eigenvalue weighted by Gasteiger charge is -2.07. The summed E-state index contributed by atoms with van der Waals surface area (Å²) in [5.74, 6) is 1.49. The molecule has 1 aliphatic rings. The molecule has 0 saturated carbocycles. The highest BCUT2D eigenvalue weighted by molar-refractivity contribution is 6.34. The van der Waals surface area contributed by atoms with Gasteiger partial charge in [0, 0.05) is 17.5 Å². The van der Waals surface area contributed by atoms with Crippen LogP contribution in [0, 0.1) is 0 Å². The van der Waals surface area contributed by atoms with Crippen molar-refractivity contribution in [2.45, 2.75) is 19.8 Å². The van der Waals surface area contributed by atoms with Gasteiger partial charge in [-0.1, -0.05) is 30.1 Å². The monoisotopic (exact) mass is 294 g/mol. The van der Waals surface area contributed by atoms with Crippen LogP contribution in [-0.2, 0) is 12.8 Å². The number of ether oxygens (including phenoxy) is 1. The molecular weight excluding hydrogens is 283 g/mol. The molecule has 1 aromatic carbocycles. The van der Waals surface area contributed by atoms with Crippen molar-refractivity contribution in [3.05, 3.63) is 39.6 Å². The van der Waals surface area contributed by atoms with Gasteiger partial charge in [0.2, 0.25) is 0 Å². The van der Waals surface area contributed by atoms with E-state index in [1.54, 1.807) is 0 Å². The molecule has 19 heavy (non-hydrogen) atoms. The van der Waals surface area contributed by atoms with E-state index in [-0.39, 0.29) is 0 Å². The predicted molar refractivity (Wildman–Crippen MR) is 76.1 cm³/mol. The number of aromatic nitrogens is 2. The lowest BCUT2D eigenvalue weighted by molar-refractivity contribution is 0.357. The van der Waals surface area contributed by atoms with Gasteiger partial charge in [-0.15, -0.1) is 0 Å². The summed E-state index contributed by atoms with van der Waals surface area (Å²) in [6.45, 7) is 2.71. The summed E-state index contributed by atoms with van der Waals surface area (Å²) >= 11 is 12.3. The van der Waals surface area contributed by atoms with Crippen LogP contribution in [0.25, 0.3) is 11.4 Å². The SMILES string of the molecule is CCc1c(Cl)nc(-c2ccc3c(c2)CCO3)nc1Cl. The Balaban J connectivity index is 2.07. The minimum absolute atomic E-state index is 0.425. The van der Waals surface area contributed by atoms with Crippen LogP contribution in [0.4, 0.5) is 0 Å². The average molecular weight is 295 g/mol. The van der Waals surface area contributed by atoms with E-state index < -0.39 is 0 Å². The third-order valence-corrected chi connectivity index (χ3v) is 3.83. The number of hydrogen-bond acceptors (Lipinski definition) is 3. The standard InChI is InChI=1S/C14H12Cl2N2O/c1-2-10-12(15)17-14(18-13(10)16)9-3-4-11-8(7-9)5-6-19-11/h3-4,7H,2,5-6H2,1H3. The van der Waals surface area contributed by atoms with Crippen LogP contribution in [-0.4, -0.2) is 16.6 Å². The minimum Gasteiger partial charge on any atom is -0.493 e. The molecule has 0 atom stereocenters. The summed E-state index contributed by atoms with van der Waals surface area (Å²) in [7, 11) is 0. The molecule has 1 aromatic heterocycles. The molecule has 0 amide bonds. The van der Waals surface area contributed by atoms with Crippen molar-refractivity contribution in [3.63, 3.8) is 0 Å². The Morgan fingerprint density at radius 2 is 1.95 bits per heavy atom. The van der Waals surface area contributed by atoms with Crippen molar-refractivity contribution in [1.82, 2.24) is 9.97 Å². The maximum Gasteiger partial charge on any atom is 0.162 e. The molecule has 2 aromatic rings. The molecule has 98 valence electrons. The lowest BCUT2D eigenvalue weighted by atomic mass is 10.1. The Labute approximate surface area is 121 Å². The Hall–Kier alpha value is -1.32. The van der Waals surface area contributed by atoms with Crippen LogP contribution in [0.15, 0.2) is 18.2 Å². The molecule has 1 aliphatic heterocycles. The van der Waals surface area contributed by atoms with E-state index in [0.29, 0.717) is 16.1 Å². The van der Waals surface area contributed by atoms with E-state index in [0.717, 1.165) is 36.3 Å². The van der Waals surface area contributed by atoms with Crippen LogP contribution in [0.3, 0.4) is 0 Å². The van der Waals surface area contributed by atoms with Crippen molar-refractivity contribution < 1.29 is 4.74 Å². The molecule has 3 rings (SSSR count). The van der Waals surface area contributed by atoms with Gasteiger partial charge in [-0.3, -0.25) is 0 Å². The van der Waals surface area contributed by atoms with Gasteiger partial charge in [0.05, 0.1) is 6.61 Å². The van der Waals surface area contributed by atoms with Crippen molar-refractivity contribution >= 4 is 23.2 Å². The van der Waals surface area contributed by atoms with E-state index in [1.165, 1.54) is 5.56 Å². The normalized spacial score (nSPS) is 13.2. The Bertz CT molecular complexity index is 620. The number of hydrogen-bond donors (Lipinski definition) is 0. The molecule has 0 fully saturated rings. The molecule has 0 radical (unpaired) electrons. The van der Waals surface area contributed by atoms with Crippen molar-refractivity contribution in [2.24, 2.45) is 0 Å². The van der Waals surface area contributed by atoms with Gasteiger partial charge in [-0.2, -0.15) is 0 Å². The molecule has 0 aliphatic carbocycles. The van der Waals surface area contributed by atoms with Crippen molar-refractivity contribution in [3.8, 4) is 17.1 Å². The molecule has 3 nitrogen and oxygen atoms in total. The summed E-state index contributed by atoms with van der Waals surface area (Å²) in [6, 6.07) is 5.91. The number of benzene rings is 1.